The normalized spacial score (nSPS) is 18.2. The lowest BCUT2D eigenvalue weighted by molar-refractivity contribution is -0.124. The number of carbonyl (C=O) groups is 1. The Bertz CT molecular complexity index is 898. The average Bonchev–Trinajstić information content (AvgIpc) is 2.56. The highest BCUT2D eigenvalue weighted by Gasteiger charge is 2.49. The van der Waals surface area contributed by atoms with Crippen molar-refractivity contribution in [1.82, 2.24) is 0 Å². The summed E-state index contributed by atoms with van der Waals surface area (Å²) in [7, 11) is 0. The van der Waals surface area contributed by atoms with E-state index in [1.54, 1.807) is 6.07 Å². The Morgan fingerprint density at radius 3 is 2.60 bits per heavy atom. The molecule has 1 aliphatic heterocycles. The van der Waals surface area contributed by atoms with Crippen LogP contribution in [0.5, 0.6) is 0 Å². The van der Waals surface area contributed by atoms with Gasteiger partial charge in [-0.3, -0.25) is 4.79 Å². The number of hydrogen-bond donors (Lipinski definition) is 3. The number of benzene rings is 2. The molecule has 1 heterocycles. The van der Waals surface area contributed by atoms with Crippen molar-refractivity contribution in [3.63, 3.8) is 0 Å². The highest BCUT2D eigenvalue weighted by Crippen LogP contribution is 2.51. The maximum atomic E-state index is 12.5. The minimum Gasteiger partial charge on any atom is -0.397 e. The molecule has 6 nitrogen and oxygen atoms in total. The Morgan fingerprint density at radius 1 is 1.20 bits per heavy atom. The van der Waals surface area contributed by atoms with E-state index in [4.69, 9.17) is 11.5 Å². The molecule has 2 aromatic carbocycles. The fraction of sp³-hybridized carbons (Fsp3) is 0.211. The number of carbonyl (C=O) groups excluding carboxylic acids is 1. The average molecular weight is 333 g/mol. The van der Waals surface area contributed by atoms with Gasteiger partial charge in [0.15, 0.2) is 5.84 Å². The first-order valence-electron chi connectivity index (χ1n) is 8.28. The van der Waals surface area contributed by atoms with E-state index in [0.29, 0.717) is 17.2 Å². The molecule has 1 saturated carbocycles. The summed E-state index contributed by atoms with van der Waals surface area (Å²) in [5.41, 5.74) is 15.0. The standard InChI is InChI=1S/C19H19N5O/c20-11-22-17(23-13-5-2-1-3-6-13)12-9-14-16(21)15(10-12)24-18(25)19(14)7-4-8-19/h1-3,5-6,9-11H,4,7-8,21H2,(H,24,25)(H2,20,22,23). The van der Waals surface area contributed by atoms with Crippen LogP contribution in [0.25, 0.3) is 0 Å². The second-order valence-corrected chi connectivity index (χ2v) is 6.42. The van der Waals surface area contributed by atoms with Crippen molar-refractivity contribution in [2.45, 2.75) is 24.7 Å². The van der Waals surface area contributed by atoms with E-state index >= 15 is 0 Å². The number of para-hydroxylation sites is 1. The monoisotopic (exact) mass is 333 g/mol. The molecule has 0 aromatic heterocycles. The summed E-state index contributed by atoms with van der Waals surface area (Å²) in [5.74, 6) is 0.523. The topological polar surface area (TPSA) is 106 Å². The molecule has 126 valence electrons. The Labute approximate surface area is 145 Å². The molecule has 25 heavy (non-hydrogen) atoms. The minimum atomic E-state index is -0.503. The van der Waals surface area contributed by atoms with Gasteiger partial charge in [0.05, 0.1) is 28.8 Å². The predicted molar refractivity (Wildman–Crippen MR) is 100 cm³/mol. The number of nitrogens with zero attached hydrogens (tertiary/aromatic N) is 2. The van der Waals surface area contributed by atoms with Crippen LogP contribution >= 0.6 is 0 Å². The zero-order valence-corrected chi connectivity index (χ0v) is 13.7. The van der Waals surface area contributed by atoms with Gasteiger partial charge in [-0.2, -0.15) is 0 Å². The van der Waals surface area contributed by atoms with Gasteiger partial charge < -0.3 is 16.8 Å². The van der Waals surface area contributed by atoms with Crippen molar-refractivity contribution in [3.05, 3.63) is 53.6 Å². The van der Waals surface area contributed by atoms with Crippen molar-refractivity contribution in [2.75, 3.05) is 11.1 Å². The van der Waals surface area contributed by atoms with Crippen LogP contribution in [0.15, 0.2) is 52.4 Å². The van der Waals surface area contributed by atoms with Crippen molar-refractivity contribution in [1.29, 1.82) is 0 Å². The van der Waals surface area contributed by atoms with E-state index in [2.05, 4.69) is 15.3 Å². The third-order valence-electron chi connectivity index (χ3n) is 5.03. The van der Waals surface area contributed by atoms with E-state index in [9.17, 15) is 4.79 Å². The Kier molecular flexibility index (Phi) is 3.53. The summed E-state index contributed by atoms with van der Waals surface area (Å²) in [6.45, 7) is 0. The lowest BCUT2D eigenvalue weighted by atomic mass is 9.62. The smallest absolute Gasteiger partial charge is 0.235 e. The van der Waals surface area contributed by atoms with Crippen molar-refractivity contribution >= 4 is 35.1 Å². The molecule has 4 rings (SSSR count). The first-order valence-corrected chi connectivity index (χ1v) is 8.28. The number of amidine groups is 1. The predicted octanol–water partition coefficient (Wildman–Crippen LogP) is 2.71. The molecule has 2 aliphatic rings. The molecule has 0 atom stereocenters. The number of rotatable bonds is 2. The fourth-order valence-electron chi connectivity index (χ4n) is 3.54. The van der Waals surface area contributed by atoms with Crippen LogP contribution in [-0.4, -0.2) is 18.1 Å². The Hall–Kier alpha value is -3.15. The number of nitrogen functional groups attached to an aromatic ring is 1. The van der Waals surface area contributed by atoms with Crippen LogP contribution in [0, 0.1) is 0 Å². The molecule has 0 saturated heterocycles. The lowest BCUT2D eigenvalue weighted by Gasteiger charge is -2.44. The van der Waals surface area contributed by atoms with Gasteiger partial charge in [-0.1, -0.05) is 24.6 Å². The highest BCUT2D eigenvalue weighted by atomic mass is 16.2. The van der Waals surface area contributed by atoms with Gasteiger partial charge in [-0.15, -0.1) is 0 Å². The van der Waals surface area contributed by atoms with Gasteiger partial charge in [0.25, 0.3) is 0 Å². The van der Waals surface area contributed by atoms with Crippen LogP contribution < -0.4 is 16.8 Å². The van der Waals surface area contributed by atoms with Crippen LogP contribution in [0.3, 0.4) is 0 Å². The lowest BCUT2D eigenvalue weighted by Crippen LogP contribution is -2.49. The molecule has 1 spiro atoms. The molecular weight excluding hydrogens is 314 g/mol. The minimum absolute atomic E-state index is 0.0355. The fourth-order valence-corrected chi connectivity index (χ4v) is 3.54. The van der Waals surface area contributed by atoms with Crippen LogP contribution in [0.1, 0.15) is 30.4 Å². The molecule has 2 aromatic rings. The van der Waals surface area contributed by atoms with E-state index in [0.717, 1.165) is 36.1 Å². The highest BCUT2D eigenvalue weighted by molar-refractivity contribution is 6.11. The molecule has 2 bridgehead atoms. The number of fused-ring (bicyclic) bond motifs is 3. The van der Waals surface area contributed by atoms with Crippen LogP contribution in [-0.2, 0) is 10.2 Å². The Morgan fingerprint density at radius 2 is 1.96 bits per heavy atom. The van der Waals surface area contributed by atoms with Crippen molar-refractivity contribution in [3.8, 4) is 0 Å². The maximum Gasteiger partial charge on any atom is 0.235 e. The summed E-state index contributed by atoms with van der Waals surface area (Å²) < 4.78 is 0. The molecule has 5 N–H and O–H groups in total. The second kappa shape index (κ2) is 5.73. The van der Waals surface area contributed by atoms with Crippen molar-refractivity contribution < 1.29 is 4.79 Å². The summed E-state index contributed by atoms with van der Waals surface area (Å²) in [6, 6.07) is 13.3. The maximum absolute atomic E-state index is 12.5. The van der Waals surface area contributed by atoms with E-state index in [-0.39, 0.29) is 5.91 Å². The molecule has 0 unspecified atom stereocenters. The number of nitrogens with two attached hydrogens (primary N) is 2. The number of amides is 1. The van der Waals surface area contributed by atoms with Gasteiger partial charge >= 0.3 is 0 Å². The van der Waals surface area contributed by atoms with Crippen LogP contribution in [0.4, 0.5) is 17.1 Å². The third kappa shape index (κ3) is 2.38. The molecule has 1 aliphatic carbocycles. The van der Waals surface area contributed by atoms with E-state index < -0.39 is 5.41 Å². The van der Waals surface area contributed by atoms with Gasteiger partial charge in [-0.25, -0.2) is 9.98 Å². The molecule has 1 fully saturated rings. The summed E-state index contributed by atoms with van der Waals surface area (Å²) >= 11 is 0. The molecule has 1 amide bonds. The number of nitrogens with one attached hydrogen (secondary N) is 1. The van der Waals surface area contributed by atoms with Gasteiger partial charge in [0, 0.05) is 5.56 Å². The summed E-state index contributed by atoms with van der Waals surface area (Å²) in [5, 5.41) is 2.94. The zero-order chi connectivity index (χ0) is 17.4. The molecule has 6 heteroatoms. The summed E-state index contributed by atoms with van der Waals surface area (Å²) in [4.78, 5) is 21.3. The zero-order valence-electron chi connectivity index (χ0n) is 13.7. The third-order valence-corrected chi connectivity index (χ3v) is 5.03. The van der Waals surface area contributed by atoms with E-state index in [1.807, 2.05) is 36.4 Å². The number of anilines is 2. The van der Waals surface area contributed by atoms with Gasteiger partial charge in [-0.05, 0) is 42.7 Å². The largest absolute Gasteiger partial charge is 0.397 e. The molecule has 0 radical (unpaired) electrons. The first-order chi connectivity index (χ1) is 12.1. The number of aliphatic imine (C=N–C) groups is 2. The quantitative estimate of drug-likeness (QED) is 0.447. The van der Waals surface area contributed by atoms with Gasteiger partial charge in [0.2, 0.25) is 5.91 Å². The Balaban J connectivity index is 1.85. The number of hydrogen-bond acceptors (Lipinski definition) is 3. The van der Waals surface area contributed by atoms with Crippen LogP contribution in [0.2, 0.25) is 0 Å². The van der Waals surface area contributed by atoms with Gasteiger partial charge in [0.1, 0.15) is 0 Å². The van der Waals surface area contributed by atoms with E-state index in [1.165, 1.54) is 6.34 Å². The van der Waals surface area contributed by atoms with Crippen molar-refractivity contribution in [2.24, 2.45) is 15.7 Å². The first kappa shape index (κ1) is 15.4. The summed E-state index contributed by atoms with van der Waals surface area (Å²) in [6.07, 6.45) is 3.88. The SMILES string of the molecule is NC=NC(=Nc1ccccc1)c1cc2c(N)c(c1)C1(CCC1)C(=O)N2. The second-order valence-electron chi connectivity index (χ2n) is 6.42. The molecular formula is C19H19N5O.